The third-order valence-electron chi connectivity index (χ3n) is 3.64. The van der Waals surface area contributed by atoms with Crippen molar-refractivity contribution in [2.45, 2.75) is 45.1 Å². The SMILES string of the molecule is CC1CCCC(CNCC(C)(O)CN(C)C)C1. The second kappa shape index (κ2) is 6.72. The van der Waals surface area contributed by atoms with Gasteiger partial charge in [-0.05, 0) is 52.2 Å². The van der Waals surface area contributed by atoms with Gasteiger partial charge in [-0.3, -0.25) is 0 Å². The van der Waals surface area contributed by atoms with Crippen LogP contribution in [0.25, 0.3) is 0 Å². The largest absolute Gasteiger partial charge is 0.388 e. The number of hydrogen-bond acceptors (Lipinski definition) is 3. The van der Waals surface area contributed by atoms with E-state index in [-0.39, 0.29) is 0 Å². The zero-order valence-electron chi connectivity index (χ0n) is 12.0. The Kier molecular flexibility index (Phi) is 5.90. The summed E-state index contributed by atoms with van der Waals surface area (Å²) in [6, 6.07) is 0. The normalized spacial score (nSPS) is 29.3. The summed E-state index contributed by atoms with van der Waals surface area (Å²) in [7, 11) is 3.99. The molecule has 1 fully saturated rings. The number of nitrogens with one attached hydrogen (secondary N) is 1. The van der Waals surface area contributed by atoms with Gasteiger partial charge in [-0.1, -0.05) is 19.8 Å². The Labute approximate surface area is 107 Å². The molecular weight excluding hydrogens is 212 g/mol. The van der Waals surface area contributed by atoms with Crippen molar-refractivity contribution >= 4 is 0 Å². The molecule has 0 amide bonds. The molecule has 0 aromatic heterocycles. The summed E-state index contributed by atoms with van der Waals surface area (Å²) >= 11 is 0. The molecule has 1 rings (SSSR count). The van der Waals surface area contributed by atoms with E-state index in [4.69, 9.17) is 0 Å². The Morgan fingerprint density at radius 3 is 2.65 bits per heavy atom. The van der Waals surface area contributed by atoms with Crippen LogP contribution in [0.5, 0.6) is 0 Å². The number of likely N-dealkylation sites (N-methyl/N-ethyl adjacent to an activating group) is 1. The Morgan fingerprint density at radius 1 is 1.35 bits per heavy atom. The summed E-state index contributed by atoms with van der Waals surface area (Å²) in [5.74, 6) is 1.70. The van der Waals surface area contributed by atoms with Gasteiger partial charge in [0.15, 0.2) is 0 Å². The molecule has 0 aliphatic heterocycles. The maximum atomic E-state index is 10.2. The number of rotatable bonds is 6. The highest BCUT2D eigenvalue weighted by atomic mass is 16.3. The average molecular weight is 242 g/mol. The van der Waals surface area contributed by atoms with Gasteiger partial charge in [0, 0.05) is 13.1 Å². The Hall–Kier alpha value is -0.120. The second-order valence-electron chi connectivity index (χ2n) is 6.50. The van der Waals surface area contributed by atoms with Gasteiger partial charge in [-0.25, -0.2) is 0 Å². The van der Waals surface area contributed by atoms with Crippen molar-refractivity contribution in [2.24, 2.45) is 11.8 Å². The van der Waals surface area contributed by atoms with Crippen molar-refractivity contribution in [3.63, 3.8) is 0 Å². The maximum absolute atomic E-state index is 10.2. The molecule has 3 unspecified atom stereocenters. The first-order valence-electron chi connectivity index (χ1n) is 6.97. The standard InChI is InChI=1S/C14H30N2O/c1-12-6-5-7-13(8-12)9-15-10-14(2,17)11-16(3)4/h12-13,15,17H,5-11H2,1-4H3. The van der Waals surface area contributed by atoms with Crippen LogP contribution in [-0.4, -0.2) is 49.3 Å². The third kappa shape index (κ3) is 6.39. The van der Waals surface area contributed by atoms with E-state index in [9.17, 15) is 5.11 Å². The molecular formula is C14H30N2O. The fourth-order valence-corrected chi connectivity index (χ4v) is 3.03. The second-order valence-corrected chi connectivity index (χ2v) is 6.50. The van der Waals surface area contributed by atoms with E-state index in [1.165, 1.54) is 25.7 Å². The summed E-state index contributed by atoms with van der Waals surface area (Å²) in [5.41, 5.74) is -0.621. The molecule has 0 bridgehead atoms. The number of nitrogens with zero attached hydrogens (tertiary/aromatic N) is 1. The molecule has 0 heterocycles. The van der Waals surface area contributed by atoms with Gasteiger partial charge in [0.05, 0.1) is 5.60 Å². The van der Waals surface area contributed by atoms with Crippen LogP contribution in [0.3, 0.4) is 0 Å². The Bertz CT molecular complexity index is 216. The average Bonchev–Trinajstić information content (AvgIpc) is 2.15. The van der Waals surface area contributed by atoms with E-state index < -0.39 is 5.60 Å². The zero-order valence-corrected chi connectivity index (χ0v) is 12.0. The minimum atomic E-state index is -0.621. The van der Waals surface area contributed by atoms with Crippen LogP contribution in [0.15, 0.2) is 0 Å². The van der Waals surface area contributed by atoms with E-state index in [1.54, 1.807) is 0 Å². The van der Waals surface area contributed by atoms with E-state index in [2.05, 4.69) is 12.2 Å². The summed E-state index contributed by atoms with van der Waals surface area (Å²) in [5, 5.41) is 13.6. The summed E-state index contributed by atoms with van der Waals surface area (Å²) < 4.78 is 0. The lowest BCUT2D eigenvalue weighted by molar-refractivity contribution is 0.0325. The van der Waals surface area contributed by atoms with Crippen LogP contribution in [0, 0.1) is 11.8 Å². The van der Waals surface area contributed by atoms with Crippen molar-refractivity contribution in [2.75, 3.05) is 33.7 Å². The lowest BCUT2D eigenvalue weighted by Crippen LogP contribution is -2.46. The van der Waals surface area contributed by atoms with E-state index in [1.807, 2.05) is 25.9 Å². The topological polar surface area (TPSA) is 35.5 Å². The highest BCUT2D eigenvalue weighted by Gasteiger charge is 2.23. The van der Waals surface area contributed by atoms with E-state index in [0.29, 0.717) is 13.1 Å². The first-order chi connectivity index (χ1) is 7.89. The molecule has 1 saturated carbocycles. The van der Waals surface area contributed by atoms with Gasteiger partial charge in [0.25, 0.3) is 0 Å². The molecule has 0 spiro atoms. The highest BCUT2D eigenvalue weighted by Crippen LogP contribution is 2.27. The Balaban J connectivity index is 2.18. The lowest BCUT2D eigenvalue weighted by Gasteiger charge is -2.30. The smallest absolute Gasteiger partial charge is 0.0869 e. The van der Waals surface area contributed by atoms with Crippen molar-refractivity contribution in [3.8, 4) is 0 Å². The number of aliphatic hydroxyl groups is 1. The molecule has 1 aliphatic rings. The molecule has 17 heavy (non-hydrogen) atoms. The minimum Gasteiger partial charge on any atom is -0.388 e. The van der Waals surface area contributed by atoms with E-state index in [0.717, 1.165) is 18.4 Å². The third-order valence-corrected chi connectivity index (χ3v) is 3.64. The molecule has 0 saturated heterocycles. The monoisotopic (exact) mass is 242 g/mol. The quantitative estimate of drug-likeness (QED) is 0.744. The number of hydrogen-bond donors (Lipinski definition) is 2. The maximum Gasteiger partial charge on any atom is 0.0869 e. The van der Waals surface area contributed by atoms with Crippen molar-refractivity contribution < 1.29 is 5.11 Å². The summed E-state index contributed by atoms with van der Waals surface area (Å²) in [4.78, 5) is 2.03. The molecule has 3 nitrogen and oxygen atoms in total. The summed E-state index contributed by atoms with van der Waals surface area (Å²) in [6.07, 6.45) is 5.48. The van der Waals surface area contributed by atoms with E-state index >= 15 is 0 Å². The predicted octanol–water partition coefficient (Wildman–Crippen LogP) is 1.71. The van der Waals surface area contributed by atoms with Crippen molar-refractivity contribution in [1.29, 1.82) is 0 Å². The van der Waals surface area contributed by atoms with Crippen LogP contribution in [0.2, 0.25) is 0 Å². The molecule has 0 aromatic carbocycles. The predicted molar refractivity (Wildman–Crippen MR) is 73.2 cm³/mol. The first kappa shape index (κ1) is 14.9. The van der Waals surface area contributed by atoms with Crippen LogP contribution < -0.4 is 5.32 Å². The van der Waals surface area contributed by atoms with Crippen LogP contribution in [-0.2, 0) is 0 Å². The van der Waals surface area contributed by atoms with Gasteiger partial charge < -0.3 is 15.3 Å². The van der Waals surface area contributed by atoms with Gasteiger partial charge in [-0.2, -0.15) is 0 Å². The fraction of sp³-hybridized carbons (Fsp3) is 1.00. The molecule has 1 aliphatic carbocycles. The lowest BCUT2D eigenvalue weighted by atomic mass is 9.82. The van der Waals surface area contributed by atoms with Gasteiger partial charge in [0.2, 0.25) is 0 Å². The summed E-state index contributed by atoms with van der Waals surface area (Å²) in [6.45, 7) is 6.73. The molecule has 3 atom stereocenters. The molecule has 0 aromatic rings. The Morgan fingerprint density at radius 2 is 2.06 bits per heavy atom. The first-order valence-corrected chi connectivity index (χ1v) is 6.97. The molecule has 3 heteroatoms. The molecule has 102 valence electrons. The fourth-order valence-electron chi connectivity index (χ4n) is 3.03. The zero-order chi connectivity index (χ0) is 12.9. The highest BCUT2D eigenvalue weighted by molar-refractivity contribution is 4.80. The van der Waals surface area contributed by atoms with Crippen molar-refractivity contribution in [3.05, 3.63) is 0 Å². The molecule has 2 N–H and O–H groups in total. The minimum absolute atomic E-state index is 0.621. The van der Waals surface area contributed by atoms with Crippen LogP contribution >= 0.6 is 0 Å². The van der Waals surface area contributed by atoms with Gasteiger partial charge in [-0.15, -0.1) is 0 Å². The van der Waals surface area contributed by atoms with Crippen LogP contribution in [0.1, 0.15) is 39.5 Å². The van der Waals surface area contributed by atoms with Crippen molar-refractivity contribution in [1.82, 2.24) is 10.2 Å². The van der Waals surface area contributed by atoms with Gasteiger partial charge in [0.1, 0.15) is 0 Å². The van der Waals surface area contributed by atoms with Gasteiger partial charge >= 0.3 is 0 Å². The van der Waals surface area contributed by atoms with Crippen LogP contribution in [0.4, 0.5) is 0 Å². The molecule has 0 radical (unpaired) electrons.